The van der Waals surface area contributed by atoms with E-state index in [-0.39, 0.29) is 0 Å². The standard InChI is InChI=1S/C20H18N4O2S2/c1-13-17(22-18(26-13)14-7-4-3-5-8-14)12-27-20-24-23-19(28-20)21-15-9-6-10-16(11-15)25-2/h3-11H,12H2,1-2H3,(H,21,23). The second kappa shape index (κ2) is 8.45. The summed E-state index contributed by atoms with van der Waals surface area (Å²) in [6, 6.07) is 17.6. The monoisotopic (exact) mass is 410 g/mol. The fraction of sp³-hybridized carbons (Fsp3) is 0.150. The molecule has 0 amide bonds. The second-order valence-electron chi connectivity index (χ2n) is 5.91. The second-order valence-corrected chi connectivity index (χ2v) is 8.11. The summed E-state index contributed by atoms with van der Waals surface area (Å²) in [6.45, 7) is 1.94. The Morgan fingerprint density at radius 1 is 1.11 bits per heavy atom. The number of aromatic nitrogens is 3. The highest BCUT2D eigenvalue weighted by Gasteiger charge is 2.13. The van der Waals surface area contributed by atoms with Crippen LogP contribution in [0.1, 0.15) is 11.5 Å². The lowest BCUT2D eigenvalue weighted by molar-refractivity contribution is 0.415. The number of thioether (sulfide) groups is 1. The zero-order valence-corrected chi connectivity index (χ0v) is 17.0. The number of benzene rings is 2. The highest BCUT2D eigenvalue weighted by Crippen LogP contribution is 2.32. The van der Waals surface area contributed by atoms with Crippen LogP contribution in [-0.4, -0.2) is 22.3 Å². The van der Waals surface area contributed by atoms with Crippen LogP contribution in [0.2, 0.25) is 0 Å². The Balaban J connectivity index is 1.40. The van der Waals surface area contributed by atoms with Gasteiger partial charge >= 0.3 is 0 Å². The molecule has 1 N–H and O–H groups in total. The summed E-state index contributed by atoms with van der Waals surface area (Å²) >= 11 is 3.09. The molecule has 2 aromatic heterocycles. The average molecular weight is 411 g/mol. The van der Waals surface area contributed by atoms with E-state index >= 15 is 0 Å². The zero-order valence-electron chi connectivity index (χ0n) is 15.4. The lowest BCUT2D eigenvalue weighted by atomic mass is 10.2. The first-order valence-electron chi connectivity index (χ1n) is 8.60. The summed E-state index contributed by atoms with van der Waals surface area (Å²) in [5.74, 6) is 2.94. The number of nitrogens with one attached hydrogen (secondary N) is 1. The van der Waals surface area contributed by atoms with Gasteiger partial charge in [-0.25, -0.2) is 4.98 Å². The molecule has 0 fully saturated rings. The molecule has 0 radical (unpaired) electrons. The van der Waals surface area contributed by atoms with Crippen LogP contribution in [0.3, 0.4) is 0 Å². The van der Waals surface area contributed by atoms with Gasteiger partial charge in [0.25, 0.3) is 0 Å². The number of hydrogen-bond acceptors (Lipinski definition) is 8. The molecule has 0 saturated carbocycles. The molecule has 4 aromatic rings. The molecule has 4 rings (SSSR count). The number of rotatable bonds is 7. The van der Waals surface area contributed by atoms with Gasteiger partial charge in [0.1, 0.15) is 11.5 Å². The van der Waals surface area contributed by atoms with E-state index in [1.807, 2.05) is 61.5 Å². The molecule has 8 heteroatoms. The number of hydrogen-bond donors (Lipinski definition) is 1. The molecule has 0 aliphatic heterocycles. The quantitative estimate of drug-likeness (QED) is 0.401. The lowest BCUT2D eigenvalue weighted by Gasteiger charge is -2.04. The SMILES string of the molecule is COc1cccc(Nc2nnc(SCc3nc(-c4ccccc4)oc3C)s2)c1. The van der Waals surface area contributed by atoms with E-state index < -0.39 is 0 Å². The number of anilines is 2. The summed E-state index contributed by atoms with van der Waals surface area (Å²) in [7, 11) is 1.65. The van der Waals surface area contributed by atoms with Crippen LogP contribution < -0.4 is 10.1 Å². The predicted molar refractivity (Wildman–Crippen MR) is 112 cm³/mol. The Morgan fingerprint density at radius 2 is 1.96 bits per heavy atom. The predicted octanol–water partition coefficient (Wildman–Crippen LogP) is 5.55. The maximum Gasteiger partial charge on any atom is 0.226 e. The maximum absolute atomic E-state index is 5.81. The first kappa shape index (κ1) is 18.5. The Labute approximate surface area is 171 Å². The van der Waals surface area contributed by atoms with E-state index in [2.05, 4.69) is 20.5 Å². The normalized spacial score (nSPS) is 10.8. The van der Waals surface area contributed by atoms with Gasteiger partial charge in [-0.05, 0) is 31.2 Å². The minimum Gasteiger partial charge on any atom is -0.497 e. The molecule has 6 nitrogen and oxygen atoms in total. The van der Waals surface area contributed by atoms with Crippen molar-refractivity contribution in [3.8, 4) is 17.2 Å². The van der Waals surface area contributed by atoms with Gasteiger partial charge in [0.2, 0.25) is 11.0 Å². The van der Waals surface area contributed by atoms with Gasteiger partial charge in [0.05, 0.1) is 12.8 Å². The number of methoxy groups -OCH3 is 1. The number of aryl methyl sites for hydroxylation is 1. The number of ether oxygens (including phenoxy) is 1. The molecule has 0 atom stereocenters. The molecule has 0 saturated heterocycles. The highest BCUT2D eigenvalue weighted by atomic mass is 32.2. The largest absolute Gasteiger partial charge is 0.497 e. The van der Waals surface area contributed by atoms with E-state index in [1.54, 1.807) is 18.9 Å². The molecular formula is C20H18N4O2S2. The van der Waals surface area contributed by atoms with Crippen LogP contribution in [0.5, 0.6) is 5.75 Å². The van der Waals surface area contributed by atoms with Crippen LogP contribution in [-0.2, 0) is 5.75 Å². The summed E-state index contributed by atoms with van der Waals surface area (Å²) in [5, 5.41) is 12.4. The topological polar surface area (TPSA) is 73.1 Å². The van der Waals surface area contributed by atoms with Gasteiger partial charge in [0.15, 0.2) is 4.34 Å². The summed E-state index contributed by atoms with van der Waals surface area (Å²) in [6.07, 6.45) is 0. The van der Waals surface area contributed by atoms with Crippen molar-refractivity contribution >= 4 is 33.9 Å². The van der Waals surface area contributed by atoms with Gasteiger partial charge in [-0.2, -0.15) is 0 Å². The van der Waals surface area contributed by atoms with Gasteiger partial charge in [0, 0.05) is 23.1 Å². The summed E-state index contributed by atoms with van der Waals surface area (Å²) in [5.41, 5.74) is 2.80. The van der Waals surface area contributed by atoms with Crippen molar-refractivity contribution in [3.05, 3.63) is 66.1 Å². The minimum atomic E-state index is 0.645. The molecule has 2 aromatic carbocycles. The van der Waals surface area contributed by atoms with Crippen molar-refractivity contribution in [2.45, 2.75) is 17.0 Å². The first-order valence-corrected chi connectivity index (χ1v) is 10.4. The summed E-state index contributed by atoms with van der Waals surface area (Å²) in [4.78, 5) is 4.63. The molecule has 28 heavy (non-hydrogen) atoms. The van der Waals surface area contributed by atoms with E-state index in [0.29, 0.717) is 11.6 Å². The molecular weight excluding hydrogens is 392 g/mol. The van der Waals surface area contributed by atoms with E-state index in [1.165, 1.54) is 11.3 Å². The molecule has 142 valence electrons. The fourth-order valence-electron chi connectivity index (χ4n) is 2.54. The van der Waals surface area contributed by atoms with Crippen LogP contribution in [0.4, 0.5) is 10.8 Å². The Kier molecular flexibility index (Phi) is 5.59. The van der Waals surface area contributed by atoms with Crippen molar-refractivity contribution in [3.63, 3.8) is 0 Å². The summed E-state index contributed by atoms with van der Waals surface area (Å²) < 4.78 is 11.9. The average Bonchev–Trinajstić information content (AvgIpc) is 3.33. The molecule has 0 spiro atoms. The Bertz CT molecular complexity index is 1060. The van der Waals surface area contributed by atoms with E-state index in [0.717, 1.165) is 37.9 Å². The zero-order chi connectivity index (χ0) is 19.3. The third-order valence-electron chi connectivity index (χ3n) is 3.97. The Morgan fingerprint density at radius 3 is 2.79 bits per heavy atom. The number of oxazole rings is 1. The van der Waals surface area contributed by atoms with Crippen LogP contribution in [0, 0.1) is 6.92 Å². The lowest BCUT2D eigenvalue weighted by Crippen LogP contribution is -1.90. The van der Waals surface area contributed by atoms with E-state index in [4.69, 9.17) is 9.15 Å². The van der Waals surface area contributed by atoms with Crippen LogP contribution in [0.25, 0.3) is 11.5 Å². The first-order chi connectivity index (χ1) is 13.7. The molecule has 0 unspecified atom stereocenters. The van der Waals surface area contributed by atoms with Gasteiger partial charge in [-0.1, -0.05) is 47.4 Å². The minimum absolute atomic E-state index is 0.645. The van der Waals surface area contributed by atoms with Crippen molar-refractivity contribution < 1.29 is 9.15 Å². The van der Waals surface area contributed by atoms with Crippen molar-refractivity contribution in [2.75, 3.05) is 12.4 Å². The van der Waals surface area contributed by atoms with Crippen LogP contribution in [0.15, 0.2) is 63.4 Å². The highest BCUT2D eigenvalue weighted by molar-refractivity contribution is 8.00. The number of nitrogens with zero attached hydrogens (tertiary/aromatic N) is 3. The van der Waals surface area contributed by atoms with Gasteiger partial charge in [-0.15, -0.1) is 10.2 Å². The van der Waals surface area contributed by atoms with Crippen molar-refractivity contribution in [1.82, 2.24) is 15.2 Å². The molecule has 0 bridgehead atoms. The smallest absolute Gasteiger partial charge is 0.226 e. The van der Waals surface area contributed by atoms with Crippen molar-refractivity contribution in [2.24, 2.45) is 0 Å². The Hall–Kier alpha value is -2.84. The van der Waals surface area contributed by atoms with Gasteiger partial charge < -0.3 is 14.5 Å². The van der Waals surface area contributed by atoms with E-state index in [9.17, 15) is 0 Å². The third kappa shape index (κ3) is 4.35. The maximum atomic E-state index is 5.81. The molecule has 0 aliphatic carbocycles. The third-order valence-corrected chi connectivity index (χ3v) is 5.96. The van der Waals surface area contributed by atoms with Crippen LogP contribution >= 0.6 is 23.1 Å². The molecule has 2 heterocycles. The van der Waals surface area contributed by atoms with Crippen molar-refractivity contribution in [1.29, 1.82) is 0 Å². The van der Waals surface area contributed by atoms with Gasteiger partial charge in [-0.3, -0.25) is 0 Å². The fourth-order valence-corrected chi connectivity index (χ4v) is 4.31. The molecule has 0 aliphatic rings.